The Morgan fingerprint density at radius 1 is 1.04 bits per heavy atom. The first-order valence-electron chi connectivity index (χ1n) is 16.6. The van der Waals surface area contributed by atoms with Crippen molar-refractivity contribution in [3.8, 4) is 0 Å². The summed E-state index contributed by atoms with van der Waals surface area (Å²) in [5, 5.41) is 13.3. The summed E-state index contributed by atoms with van der Waals surface area (Å²) in [4.78, 5) is 57.1. The summed E-state index contributed by atoms with van der Waals surface area (Å²) in [6.07, 6.45) is 3.90. The monoisotopic (exact) mass is 640 g/mol. The summed E-state index contributed by atoms with van der Waals surface area (Å²) in [7, 11) is 2.01. The van der Waals surface area contributed by atoms with E-state index in [4.69, 9.17) is 4.63 Å². The number of rotatable bonds is 12. The van der Waals surface area contributed by atoms with Crippen molar-refractivity contribution < 1.29 is 28.2 Å². The lowest BCUT2D eigenvalue weighted by Gasteiger charge is -2.41. The fourth-order valence-corrected chi connectivity index (χ4v) is 6.70. The Balaban J connectivity index is 1.53. The number of carbonyl (C=O) groups excluding carboxylic acids is 4. The lowest BCUT2D eigenvalue weighted by atomic mass is 9.77. The van der Waals surface area contributed by atoms with Gasteiger partial charge in [-0.1, -0.05) is 57.8 Å². The Kier molecular flexibility index (Phi) is 12.0. The largest absolute Gasteiger partial charge is 0.344 e. The van der Waals surface area contributed by atoms with Gasteiger partial charge in [0.25, 0.3) is 5.91 Å². The number of ketones is 1. The highest BCUT2D eigenvalue weighted by atomic mass is 19.1. The van der Waals surface area contributed by atoms with Gasteiger partial charge in [-0.15, -0.1) is 0 Å². The van der Waals surface area contributed by atoms with Gasteiger partial charge in [0.2, 0.25) is 11.8 Å². The summed E-state index contributed by atoms with van der Waals surface area (Å²) in [6.45, 7) is 11.5. The molecular weight excluding hydrogens is 591 g/mol. The molecule has 2 fully saturated rings. The van der Waals surface area contributed by atoms with Crippen LogP contribution in [0.5, 0.6) is 0 Å². The van der Waals surface area contributed by atoms with Crippen molar-refractivity contribution in [2.24, 2.45) is 11.8 Å². The minimum atomic E-state index is -0.863. The highest BCUT2D eigenvalue weighted by molar-refractivity contribution is 5.97. The second kappa shape index (κ2) is 15.8. The quantitative estimate of drug-likeness (QED) is 0.359. The summed E-state index contributed by atoms with van der Waals surface area (Å²) >= 11 is 0. The van der Waals surface area contributed by atoms with Crippen LogP contribution in [-0.2, 0) is 27.2 Å². The number of nitrogens with one attached hydrogen (secondary N) is 2. The highest BCUT2D eigenvalue weighted by Gasteiger charge is 2.37. The van der Waals surface area contributed by atoms with Crippen LogP contribution >= 0.6 is 0 Å². The Hall–Kier alpha value is -3.67. The Morgan fingerprint density at radius 2 is 1.76 bits per heavy atom. The molecule has 2 aromatic rings. The SMILES string of the molecule is CCC(=O)N[C@@H](C(=O)N1CCN(C)C[C@H]1C)[C@@H](C)c1ccc(CC(=O)[C@@H](NC(=O)c2nonc2CC)C2CCC(C)CC2)c(F)c1. The molecule has 3 amide bonds. The van der Waals surface area contributed by atoms with E-state index in [0.29, 0.717) is 30.1 Å². The third kappa shape index (κ3) is 8.37. The smallest absolute Gasteiger partial charge is 0.276 e. The van der Waals surface area contributed by atoms with Gasteiger partial charge < -0.3 is 20.4 Å². The van der Waals surface area contributed by atoms with Crippen molar-refractivity contribution in [3.63, 3.8) is 0 Å². The van der Waals surface area contributed by atoms with Crippen LogP contribution in [0, 0.1) is 17.7 Å². The molecule has 1 aromatic heterocycles. The van der Waals surface area contributed by atoms with Gasteiger partial charge in [0.15, 0.2) is 11.5 Å². The number of halogens is 1. The Bertz CT molecular complexity index is 1390. The molecule has 0 unspecified atom stereocenters. The molecule has 1 aliphatic carbocycles. The fraction of sp³-hybridized carbons (Fsp3) is 0.647. The lowest BCUT2D eigenvalue weighted by Crippen LogP contribution is -2.59. The predicted octanol–water partition coefficient (Wildman–Crippen LogP) is 3.67. The molecule has 46 heavy (non-hydrogen) atoms. The molecule has 1 saturated carbocycles. The van der Waals surface area contributed by atoms with Crippen molar-refractivity contribution in [2.45, 2.75) is 104 Å². The van der Waals surface area contributed by atoms with Crippen LogP contribution in [0.2, 0.25) is 0 Å². The van der Waals surface area contributed by atoms with E-state index in [1.807, 2.05) is 20.9 Å². The van der Waals surface area contributed by atoms with Crippen LogP contribution in [0.1, 0.15) is 99.9 Å². The molecule has 4 atom stereocenters. The van der Waals surface area contributed by atoms with Crippen LogP contribution in [0.4, 0.5) is 4.39 Å². The molecule has 1 saturated heterocycles. The zero-order chi connectivity index (χ0) is 33.5. The van der Waals surface area contributed by atoms with Gasteiger partial charge in [-0.3, -0.25) is 19.2 Å². The fourth-order valence-electron chi connectivity index (χ4n) is 6.70. The average Bonchev–Trinajstić information content (AvgIpc) is 3.52. The van der Waals surface area contributed by atoms with E-state index in [0.717, 1.165) is 38.8 Å². The van der Waals surface area contributed by atoms with E-state index in [9.17, 15) is 19.2 Å². The van der Waals surface area contributed by atoms with Gasteiger partial charge in [-0.05, 0) is 67.4 Å². The molecule has 0 spiro atoms. The first kappa shape index (κ1) is 35.2. The van der Waals surface area contributed by atoms with Crippen LogP contribution in [0.25, 0.3) is 0 Å². The van der Waals surface area contributed by atoms with Gasteiger partial charge in [0.05, 0.1) is 6.04 Å². The topological polar surface area (TPSA) is 138 Å². The average molecular weight is 641 g/mol. The first-order valence-corrected chi connectivity index (χ1v) is 16.6. The maximum Gasteiger partial charge on any atom is 0.276 e. The second-order valence-corrected chi connectivity index (χ2v) is 13.2. The zero-order valence-electron chi connectivity index (χ0n) is 28.0. The van der Waals surface area contributed by atoms with E-state index in [1.165, 1.54) is 6.07 Å². The standard InChI is InChI=1S/C34H49FN6O5/c1-7-27-32(39-46-38-27)33(44)37-31(23-11-9-20(3)10-12-23)28(42)18-25-14-13-24(17-26(25)35)22(5)30(36-29(43)8-2)34(45)41-16-15-40(6)19-21(41)4/h13-14,17,20-23,30-31H,7-12,15-16,18-19H2,1-6H3,(H,36,43)(H,37,44)/t20?,21-,22+,23?,30-,31+/m1/s1. The molecule has 4 rings (SSSR count). The van der Waals surface area contributed by atoms with E-state index in [2.05, 4.69) is 32.8 Å². The number of Topliss-reactive ketones (excluding diaryl/α,β-unsaturated/α-hetero) is 1. The van der Waals surface area contributed by atoms with Gasteiger partial charge in [0.1, 0.15) is 17.6 Å². The molecule has 1 aromatic carbocycles. The van der Waals surface area contributed by atoms with Crippen molar-refractivity contribution in [1.82, 2.24) is 30.7 Å². The number of amides is 3. The van der Waals surface area contributed by atoms with Crippen molar-refractivity contribution in [1.29, 1.82) is 0 Å². The molecule has 2 aliphatic rings. The van der Waals surface area contributed by atoms with Crippen molar-refractivity contribution in [2.75, 3.05) is 26.7 Å². The van der Waals surface area contributed by atoms with E-state index in [1.54, 1.807) is 30.9 Å². The molecule has 0 bridgehead atoms. The van der Waals surface area contributed by atoms with Gasteiger partial charge >= 0.3 is 0 Å². The number of nitrogens with zero attached hydrogens (tertiary/aromatic N) is 4. The number of hydrogen-bond acceptors (Lipinski definition) is 8. The van der Waals surface area contributed by atoms with Crippen LogP contribution in [-0.4, -0.2) is 88.4 Å². The molecule has 11 nitrogen and oxygen atoms in total. The molecule has 2 N–H and O–H groups in total. The first-order chi connectivity index (χ1) is 21.9. The number of benzene rings is 1. The maximum absolute atomic E-state index is 15.7. The minimum Gasteiger partial charge on any atom is -0.344 e. The van der Waals surface area contributed by atoms with E-state index in [-0.39, 0.29) is 53.7 Å². The van der Waals surface area contributed by atoms with Crippen LogP contribution < -0.4 is 10.6 Å². The normalized spacial score (nSPS) is 22.5. The second-order valence-electron chi connectivity index (χ2n) is 13.2. The molecular formula is C34H49FN6O5. The highest BCUT2D eigenvalue weighted by Crippen LogP contribution is 2.32. The molecule has 2 heterocycles. The summed E-state index contributed by atoms with van der Waals surface area (Å²) in [5.41, 5.74) is 1.21. The molecule has 252 valence electrons. The summed E-state index contributed by atoms with van der Waals surface area (Å²) < 4.78 is 20.5. The summed E-state index contributed by atoms with van der Waals surface area (Å²) in [5.74, 6) is -1.89. The van der Waals surface area contributed by atoms with E-state index >= 15 is 4.39 Å². The number of likely N-dealkylation sites (N-methyl/N-ethyl adjacent to an activating group) is 1. The predicted molar refractivity (Wildman–Crippen MR) is 170 cm³/mol. The van der Waals surface area contributed by atoms with Gasteiger partial charge in [-0.2, -0.15) is 0 Å². The molecule has 1 aliphatic heterocycles. The van der Waals surface area contributed by atoms with Crippen LogP contribution in [0.3, 0.4) is 0 Å². The van der Waals surface area contributed by atoms with Gasteiger partial charge in [0, 0.05) is 44.4 Å². The molecule has 0 radical (unpaired) electrons. The van der Waals surface area contributed by atoms with Crippen molar-refractivity contribution in [3.05, 3.63) is 46.5 Å². The number of piperazine rings is 1. The zero-order valence-corrected chi connectivity index (χ0v) is 28.0. The van der Waals surface area contributed by atoms with Crippen LogP contribution in [0.15, 0.2) is 22.8 Å². The number of aryl methyl sites for hydroxylation is 1. The Morgan fingerprint density at radius 3 is 2.39 bits per heavy atom. The minimum absolute atomic E-state index is 0.0282. The number of carbonyl (C=O) groups is 4. The van der Waals surface area contributed by atoms with Gasteiger partial charge in [-0.25, -0.2) is 9.02 Å². The Labute approximate surface area is 271 Å². The third-order valence-electron chi connectivity index (χ3n) is 9.76. The third-order valence-corrected chi connectivity index (χ3v) is 9.76. The van der Waals surface area contributed by atoms with E-state index < -0.39 is 29.7 Å². The summed E-state index contributed by atoms with van der Waals surface area (Å²) in [6, 6.07) is 2.93. The van der Waals surface area contributed by atoms with Crippen molar-refractivity contribution >= 4 is 23.5 Å². The maximum atomic E-state index is 15.7. The number of hydrogen-bond donors (Lipinski definition) is 2. The molecule has 12 heteroatoms. The lowest BCUT2D eigenvalue weighted by molar-refractivity contribution is -0.140. The number of aromatic nitrogens is 2.